The fourth-order valence-electron chi connectivity index (χ4n) is 6.39. The molecule has 2 aliphatic heterocycles. The first kappa shape index (κ1) is 32.5. The molecule has 1 aromatic heterocycles. The Labute approximate surface area is 287 Å². The number of hydrogen-bond acceptors (Lipinski definition) is 8. The number of carbonyl (C=O) groups is 4. The van der Waals surface area contributed by atoms with Crippen molar-refractivity contribution >= 4 is 50.8 Å². The van der Waals surface area contributed by atoms with Crippen molar-refractivity contribution < 1.29 is 32.3 Å². The van der Waals surface area contributed by atoms with Gasteiger partial charge < -0.3 is 9.64 Å². The third kappa shape index (κ3) is 5.81. The van der Waals surface area contributed by atoms with Crippen LogP contribution in [0.1, 0.15) is 34.3 Å². The first-order chi connectivity index (χ1) is 24.1. The van der Waals surface area contributed by atoms with Crippen LogP contribution in [0, 0.1) is 0 Å². The zero-order valence-electron chi connectivity index (χ0n) is 26.9. The SMILES string of the molecule is CN1C(=O)CCC(N2Cc3c(cccc3-c3ccccc3OCC(=O)N/N=C/c3cn(S(=O)(=O)c4ccccc4)c4ccccc34)C2=O)C1=O. The van der Waals surface area contributed by atoms with Gasteiger partial charge >= 0.3 is 0 Å². The van der Waals surface area contributed by atoms with E-state index in [0.29, 0.717) is 33.3 Å². The second kappa shape index (κ2) is 13.1. The number of benzene rings is 4. The van der Waals surface area contributed by atoms with E-state index >= 15 is 0 Å². The van der Waals surface area contributed by atoms with Crippen LogP contribution in [0.3, 0.4) is 0 Å². The molecule has 0 radical (unpaired) electrons. The molecule has 1 saturated heterocycles. The number of likely N-dealkylation sites (tertiary alicyclic amines) is 1. The molecule has 1 fully saturated rings. The largest absolute Gasteiger partial charge is 0.483 e. The van der Waals surface area contributed by atoms with Gasteiger partial charge in [0, 0.05) is 48.3 Å². The second-order valence-corrected chi connectivity index (χ2v) is 13.7. The number of carbonyl (C=O) groups excluding carboxylic acids is 4. The minimum Gasteiger partial charge on any atom is -0.483 e. The van der Waals surface area contributed by atoms with Gasteiger partial charge in [-0.25, -0.2) is 17.8 Å². The summed E-state index contributed by atoms with van der Waals surface area (Å²) in [6.45, 7) is -0.190. The monoisotopic (exact) mass is 689 g/mol. The van der Waals surface area contributed by atoms with Crippen LogP contribution in [0.25, 0.3) is 22.0 Å². The normalized spacial score (nSPS) is 16.3. The second-order valence-electron chi connectivity index (χ2n) is 11.9. The number of aromatic nitrogens is 1. The zero-order valence-corrected chi connectivity index (χ0v) is 27.7. The molecule has 3 heterocycles. The Hall–Kier alpha value is -6.08. The summed E-state index contributed by atoms with van der Waals surface area (Å²) in [6, 6.07) is 26.8. The van der Waals surface area contributed by atoms with Crippen LogP contribution in [-0.4, -0.2) is 71.7 Å². The molecular formula is C37H31N5O7S. The van der Waals surface area contributed by atoms with Gasteiger partial charge in [-0.15, -0.1) is 0 Å². The van der Waals surface area contributed by atoms with Gasteiger partial charge in [0.05, 0.1) is 16.6 Å². The molecule has 252 valence electrons. The molecule has 1 unspecified atom stereocenters. The quantitative estimate of drug-likeness (QED) is 0.139. The molecule has 0 spiro atoms. The first-order valence-corrected chi connectivity index (χ1v) is 17.3. The van der Waals surface area contributed by atoms with Crippen LogP contribution < -0.4 is 10.2 Å². The number of hydrazone groups is 1. The van der Waals surface area contributed by atoms with Crippen molar-refractivity contribution in [2.45, 2.75) is 30.3 Å². The number of likely N-dealkylation sites (N-methyl/N-ethyl adjacent to an activating group) is 1. The molecule has 4 amide bonds. The maximum atomic E-state index is 13.4. The number of rotatable bonds is 9. The number of amides is 4. The van der Waals surface area contributed by atoms with Crippen LogP contribution >= 0.6 is 0 Å². The number of imide groups is 1. The summed E-state index contributed by atoms with van der Waals surface area (Å²) in [5, 5.41) is 4.70. The number of fused-ring (bicyclic) bond motifs is 2. The summed E-state index contributed by atoms with van der Waals surface area (Å²) in [7, 11) is -2.44. The van der Waals surface area contributed by atoms with Crippen molar-refractivity contribution in [3.05, 3.63) is 120 Å². The Morgan fingerprint density at radius 1 is 0.900 bits per heavy atom. The lowest BCUT2D eigenvalue weighted by molar-refractivity contribution is -0.150. The number of piperidine rings is 1. The van der Waals surface area contributed by atoms with E-state index in [2.05, 4.69) is 10.5 Å². The van der Waals surface area contributed by atoms with Crippen LogP contribution in [0.2, 0.25) is 0 Å². The fourth-order valence-corrected chi connectivity index (χ4v) is 7.79. The fraction of sp³-hybridized carbons (Fsp3) is 0.162. The van der Waals surface area contributed by atoms with E-state index in [1.807, 2.05) is 18.2 Å². The van der Waals surface area contributed by atoms with Crippen LogP contribution in [-0.2, 0) is 31.0 Å². The van der Waals surface area contributed by atoms with Gasteiger partial charge in [0.15, 0.2) is 6.61 Å². The van der Waals surface area contributed by atoms with Gasteiger partial charge in [-0.2, -0.15) is 5.10 Å². The van der Waals surface area contributed by atoms with E-state index < -0.39 is 27.9 Å². The highest BCUT2D eigenvalue weighted by Gasteiger charge is 2.42. The summed E-state index contributed by atoms with van der Waals surface area (Å²) >= 11 is 0. The van der Waals surface area contributed by atoms with Gasteiger partial charge in [0.25, 0.3) is 27.7 Å². The lowest BCUT2D eigenvalue weighted by Crippen LogP contribution is -2.53. The average molecular weight is 690 g/mol. The molecule has 7 rings (SSSR count). The Balaban J connectivity index is 1.06. The Morgan fingerprint density at radius 2 is 1.60 bits per heavy atom. The van der Waals surface area contributed by atoms with Crippen LogP contribution in [0.15, 0.2) is 113 Å². The molecule has 12 nitrogen and oxygen atoms in total. The molecule has 0 bridgehead atoms. The van der Waals surface area contributed by atoms with Gasteiger partial charge in [-0.1, -0.05) is 66.7 Å². The molecule has 1 N–H and O–H groups in total. The maximum Gasteiger partial charge on any atom is 0.277 e. The molecule has 2 aliphatic rings. The number of hydrogen-bond donors (Lipinski definition) is 1. The number of nitrogens with zero attached hydrogens (tertiary/aromatic N) is 4. The van der Waals surface area contributed by atoms with Gasteiger partial charge in [-0.3, -0.25) is 24.1 Å². The summed E-state index contributed by atoms with van der Waals surface area (Å²) in [4.78, 5) is 54.0. The van der Waals surface area contributed by atoms with E-state index in [0.717, 1.165) is 16.0 Å². The summed E-state index contributed by atoms with van der Waals surface area (Å²) < 4.78 is 33.9. The van der Waals surface area contributed by atoms with Crippen molar-refractivity contribution in [3.8, 4) is 16.9 Å². The Morgan fingerprint density at radius 3 is 2.42 bits per heavy atom. The maximum absolute atomic E-state index is 13.4. The molecule has 4 aromatic carbocycles. The van der Waals surface area contributed by atoms with Crippen LogP contribution in [0.4, 0.5) is 0 Å². The highest BCUT2D eigenvalue weighted by Crippen LogP contribution is 2.39. The predicted octanol–water partition coefficient (Wildman–Crippen LogP) is 4.18. The zero-order chi connectivity index (χ0) is 35.0. The van der Waals surface area contributed by atoms with E-state index in [1.54, 1.807) is 66.7 Å². The average Bonchev–Trinajstić information content (AvgIpc) is 3.68. The Bertz CT molecular complexity index is 2320. The standard InChI is InChI=1S/C37H31N5O7S/c1-40-35(44)19-18-32(37(40)46)41-22-30-27(14-9-15-29(30)36(41)45)28-13-6-8-17-33(28)49-23-34(43)39-38-20-24-21-42(31-16-7-5-12-26(24)31)50(47,48)25-10-3-2-4-11-25/h2-17,20-21,32H,18-19,22-23H2,1H3,(H,39,43)/b38-20+. The third-order valence-corrected chi connectivity index (χ3v) is 10.6. The topological polar surface area (TPSA) is 147 Å². The summed E-state index contributed by atoms with van der Waals surface area (Å²) in [6.07, 6.45) is 3.29. The number of nitrogens with one attached hydrogen (secondary N) is 1. The first-order valence-electron chi connectivity index (χ1n) is 15.8. The minimum absolute atomic E-state index is 0.143. The van der Waals surface area contributed by atoms with Crippen molar-refractivity contribution in [2.24, 2.45) is 5.10 Å². The highest BCUT2D eigenvalue weighted by atomic mass is 32.2. The van der Waals surface area contributed by atoms with E-state index in [9.17, 15) is 27.6 Å². The van der Waals surface area contributed by atoms with E-state index in [1.165, 1.54) is 40.5 Å². The molecule has 5 aromatic rings. The lowest BCUT2D eigenvalue weighted by Gasteiger charge is -2.33. The molecule has 1 atom stereocenters. The summed E-state index contributed by atoms with van der Waals surface area (Å²) in [5.41, 5.74) is 5.97. The van der Waals surface area contributed by atoms with Crippen molar-refractivity contribution in [2.75, 3.05) is 13.7 Å². The Kier molecular flexibility index (Phi) is 8.50. The smallest absolute Gasteiger partial charge is 0.277 e. The van der Waals surface area contributed by atoms with E-state index in [4.69, 9.17) is 4.74 Å². The number of ether oxygens (including phenoxy) is 1. The lowest BCUT2D eigenvalue weighted by atomic mass is 9.96. The molecular weight excluding hydrogens is 659 g/mol. The highest BCUT2D eigenvalue weighted by molar-refractivity contribution is 7.90. The van der Waals surface area contributed by atoms with E-state index in [-0.39, 0.29) is 42.7 Å². The predicted molar refractivity (Wildman–Crippen MR) is 185 cm³/mol. The molecule has 13 heteroatoms. The van der Waals surface area contributed by atoms with Crippen LogP contribution in [0.5, 0.6) is 5.75 Å². The molecule has 0 aliphatic carbocycles. The van der Waals surface area contributed by atoms with Crippen molar-refractivity contribution in [3.63, 3.8) is 0 Å². The third-order valence-electron chi connectivity index (χ3n) is 8.93. The van der Waals surface area contributed by atoms with Crippen molar-refractivity contribution in [1.82, 2.24) is 19.2 Å². The number of para-hydroxylation sites is 2. The molecule has 50 heavy (non-hydrogen) atoms. The molecule has 0 saturated carbocycles. The van der Waals surface area contributed by atoms with Gasteiger partial charge in [0.2, 0.25) is 5.91 Å². The minimum atomic E-state index is -3.88. The van der Waals surface area contributed by atoms with Crippen molar-refractivity contribution in [1.29, 1.82) is 0 Å². The van der Waals surface area contributed by atoms with Gasteiger partial charge in [0.1, 0.15) is 11.8 Å². The summed E-state index contributed by atoms with van der Waals surface area (Å²) in [5.74, 6) is -1.09. The van der Waals surface area contributed by atoms with Gasteiger partial charge in [-0.05, 0) is 47.9 Å².